The molecule has 1 heterocycles. The lowest BCUT2D eigenvalue weighted by Gasteiger charge is -2.09. The molecule has 88 valence electrons. The van der Waals surface area contributed by atoms with E-state index in [1.807, 2.05) is 31.2 Å². The second-order valence-corrected chi connectivity index (χ2v) is 3.84. The van der Waals surface area contributed by atoms with Gasteiger partial charge in [-0.1, -0.05) is 12.1 Å². The average molecular weight is 228 g/mol. The van der Waals surface area contributed by atoms with E-state index in [4.69, 9.17) is 4.74 Å². The molecule has 3 heteroatoms. The van der Waals surface area contributed by atoms with E-state index in [-0.39, 0.29) is 0 Å². The molecule has 0 atom stereocenters. The van der Waals surface area contributed by atoms with Crippen LogP contribution in [0.15, 0.2) is 42.6 Å². The number of pyridine rings is 1. The first-order valence-electron chi connectivity index (χ1n) is 5.58. The predicted octanol–water partition coefficient (Wildman–Crippen LogP) is 3.01. The van der Waals surface area contributed by atoms with Crippen molar-refractivity contribution < 1.29 is 4.74 Å². The largest absolute Gasteiger partial charge is 0.497 e. The van der Waals surface area contributed by atoms with Gasteiger partial charge < -0.3 is 10.1 Å². The molecule has 0 aliphatic carbocycles. The van der Waals surface area contributed by atoms with Gasteiger partial charge in [0.2, 0.25) is 0 Å². The van der Waals surface area contributed by atoms with Crippen LogP contribution in [0.1, 0.15) is 11.3 Å². The molecule has 0 spiro atoms. The van der Waals surface area contributed by atoms with Crippen LogP contribution in [0.25, 0.3) is 0 Å². The summed E-state index contributed by atoms with van der Waals surface area (Å²) in [6.07, 6.45) is 1.80. The summed E-state index contributed by atoms with van der Waals surface area (Å²) in [6, 6.07) is 12.0. The minimum Gasteiger partial charge on any atom is -0.497 e. The lowest BCUT2D eigenvalue weighted by molar-refractivity contribution is 0.414. The Labute approximate surface area is 101 Å². The van der Waals surface area contributed by atoms with Crippen LogP contribution in [-0.4, -0.2) is 12.1 Å². The molecule has 1 aromatic heterocycles. The second kappa shape index (κ2) is 5.34. The van der Waals surface area contributed by atoms with Gasteiger partial charge in [0.15, 0.2) is 0 Å². The van der Waals surface area contributed by atoms with Gasteiger partial charge in [-0.15, -0.1) is 0 Å². The molecule has 2 rings (SSSR count). The number of methoxy groups -OCH3 is 1. The SMILES string of the molecule is COc1ccc(CNc2cccnc2C)cc1. The van der Waals surface area contributed by atoms with Crippen molar-refractivity contribution in [2.45, 2.75) is 13.5 Å². The Hall–Kier alpha value is -2.03. The highest BCUT2D eigenvalue weighted by molar-refractivity contribution is 5.47. The number of nitrogens with zero attached hydrogens (tertiary/aromatic N) is 1. The molecular weight excluding hydrogens is 212 g/mol. The summed E-state index contributed by atoms with van der Waals surface area (Å²) in [5, 5.41) is 3.36. The van der Waals surface area contributed by atoms with Crippen molar-refractivity contribution in [1.82, 2.24) is 4.98 Å². The summed E-state index contributed by atoms with van der Waals surface area (Å²) in [5.74, 6) is 0.881. The molecule has 0 saturated carbocycles. The fourth-order valence-electron chi connectivity index (χ4n) is 1.61. The van der Waals surface area contributed by atoms with Gasteiger partial charge in [0.1, 0.15) is 5.75 Å². The summed E-state index contributed by atoms with van der Waals surface area (Å²) in [4.78, 5) is 4.24. The molecule has 2 aromatic rings. The van der Waals surface area contributed by atoms with Crippen LogP contribution in [0.4, 0.5) is 5.69 Å². The monoisotopic (exact) mass is 228 g/mol. The third kappa shape index (κ3) is 2.97. The lowest BCUT2D eigenvalue weighted by atomic mass is 10.2. The topological polar surface area (TPSA) is 34.1 Å². The maximum atomic E-state index is 5.12. The number of nitrogens with one attached hydrogen (secondary N) is 1. The molecule has 1 N–H and O–H groups in total. The zero-order chi connectivity index (χ0) is 12.1. The third-order valence-corrected chi connectivity index (χ3v) is 2.65. The lowest BCUT2D eigenvalue weighted by Crippen LogP contribution is -2.01. The van der Waals surface area contributed by atoms with Crippen LogP contribution in [0.2, 0.25) is 0 Å². The van der Waals surface area contributed by atoms with E-state index in [1.54, 1.807) is 13.3 Å². The Bertz CT molecular complexity index is 480. The van der Waals surface area contributed by atoms with Gasteiger partial charge in [-0.2, -0.15) is 0 Å². The summed E-state index contributed by atoms with van der Waals surface area (Å²) in [5.41, 5.74) is 3.30. The Morgan fingerprint density at radius 2 is 1.94 bits per heavy atom. The van der Waals surface area contributed by atoms with Crippen LogP contribution >= 0.6 is 0 Å². The Balaban J connectivity index is 2.00. The Morgan fingerprint density at radius 3 is 2.59 bits per heavy atom. The highest BCUT2D eigenvalue weighted by Gasteiger charge is 1.98. The van der Waals surface area contributed by atoms with Gasteiger partial charge in [-0.3, -0.25) is 4.98 Å². The van der Waals surface area contributed by atoms with Gasteiger partial charge >= 0.3 is 0 Å². The van der Waals surface area contributed by atoms with E-state index in [0.717, 1.165) is 23.7 Å². The van der Waals surface area contributed by atoms with Crippen molar-refractivity contribution >= 4 is 5.69 Å². The minimum absolute atomic E-state index is 0.788. The molecule has 0 aliphatic heterocycles. The summed E-state index contributed by atoms with van der Waals surface area (Å²) < 4.78 is 5.12. The summed E-state index contributed by atoms with van der Waals surface area (Å²) in [7, 11) is 1.67. The summed E-state index contributed by atoms with van der Waals surface area (Å²) in [6.45, 7) is 2.78. The molecule has 0 radical (unpaired) electrons. The van der Waals surface area contributed by atoms with Crippen molar-refractivity contribution in [3.63, 3.8) is 0 Å². The first-order chi connectivity index (χ1) is 8.29. The highest BCUT2D eigenvalue weighted by atomic mass is 16.5. The van der Waals surface area contributed by atoms with Crippen molar-refractivity contribution in [2.24, 2.45) is 0 Å². The van der Waals surface area contributed by atoms with Gasteiger partial charge in [-0.05, 0) is 36.8 Å². The normalized spacial score (nSPS) is 10.0. The van der Waals surface area contributed by atoms with Crippen LogP contribution in [0, 0.1) is 6.92 Å². The fourth-order valence-corrected chi connectivity index (χ4v) is 1.61. The number of aromatic nitrogens is 1. The van der Waals surface area contributed by atoms with Gasteiger partial charge in [0, 0.05) is 12.7 Å². The number of anilines is 1. The van der Waals surface area contributed by atoms with E-state index in [9.17, 15) is 0 Å². The first kappa shape index (κ1) is 11.5. The molecule has 3 nitrogen and oxygen atoms in total. The second-order valence-electron chi connectivity index (χ2n) is 3.84. The predicted molar refractivity (Wildman–Crippen MR) is 69.3 cm³/mol. The number of aryl methyl sites for hydroxylation is 1. The molecule has 0 unspecified atom stereocenters. The molecule has 1 aromatic carbocycles. The van der Waals surface area contributed by atoms with Gasteiger partial charge in [0.25, 0.3) is 0 Å². The van der Waals surface area contributed by atoms with E-state index in [2.05, 4.69) is 22.4 Å². The maximum absolute atomic E-state index is 5.12. The number of hydrogen-bond donors (Lipinski definition) is 1. The highest BCUT2D eigenvalue weighted by Crippen LogP contribution is 2.14. The molecule has 17 heavy (non-hydrogen) atoms. The molecule has 0 saturated heterocycles. The quantitative estimate of drug-likeness (QED) is 0.873. The van der Waals surface area contributed by atoms with Crippen molar-refractivity contribution in [1.29, 1.82) is 0 Å². The van der Waals surface area contributed by atoms with E-state index < -0.39 is 0 Å². The number of ether oxygens (including phenoxy) is 1. The van der Waals surface area contributed by atoms with Gasteiger partial charge in [0.05, 0.1) is 18.5 Å². The van der Waals surface area contributed by atoms with Crippen LogP contribution < -0.4 is 10.1 Å². The number of hydrogen-bond acceptors (Lipinski definition) is 3. The third-order valence-electron chi connectivity index (χ3n) is 2.65. The van der Waals surface area contributed by atoms with Crippen molar-refractivity contribution in [2.75, 3.05) is 12.4 Å². The standard InChI is InChI=1S/C14H16N2O/c1-11-14(4-3-9-15-11)16-10-12-5-7-13(17-2)8-6-12/h3-9,16H,10H2,1-2H3. The van der Waals surface area contributed by atoms with Gasteiger partial charge in [-0.25, -0.2) is 0 Å². The fraction of sp³-hybridized carbons (Fsp3) is 0.214. The first-order valence-corrected chi connectivity index (χ1v) is 5.58. The number of benzene rings is 1. The van der Waals surface area contributed by atoms with E-state index in [0.29, 0.717) is 0 Å². The Morgan fingerprint density at radius 1 is 1.18 bits per heavy atom. The Kier molecular flexibility index (Phi) is 3.60. The maximum Gasteiger partial charge on any atom is 0.118 e. The average Bonchev–Trinajstić information content (AvgIpc) is 2.38. The molecular formula is C14H16N2O. The van der Waals surface area contributed by atoms with Crippen molar-refractivity contribution in [3.8, 4) is 5.75 Å². The zero-order valence-corrected chi connectivity index (χ0v) is 10.1. The van der Waals surface area contributed by atoms with E-state index in [1.165, 1.54) is 5.56 Å². The minimum atomic E-state index is 0.788. The number of rotatable bonds is 4. The smallest absolute Gasteiger partial charge is 0.118 e. The molecule has 0 aliphatic rings. The van der Waals surface area contributed by atoms with Crippen LogP contribution in [0.5, 0.6) is 5.75 Å². The van der Waals surface area contributed by atoms with Crippen LogP contribution in [-0.2, 0) is 6.54 Å². The van der Waals surface area contributed by atoms with Crippen LogP contribution in [0.3, 0.4) is 0 Å². The molecule has 0 bridgehead atoms. The molecule has 0 fully saturated rings. The summed E-state index contributed by atoms with van der Waals surface area (Å²) >= 11 is 0. The molecule has 0 amide bonds. The van der Waals surface area contributed by atoms with Crippen molar-refractivity contribution in [3.05, 3.63) is 53.9 Å². The zero-order valence-electron chi connectivity index (χ0n) is 10.1. The van der Waals surface area contributed by atoms with E-state index >= 15 is 0 Å².